The quantitative estimate of drug-likeness (QED) is 0.654. The van der Waals surface area contributed by atoms with E-state index >= 15 is 0 Å². The van der Waals surface area contributed by atoms with Crippen molar-refractivity contribution < 1.29 is 14.6 Å². The van der Waals surface area contributed by atoms with Gasteiger partial charge in [-0.3, -0.25) is 4.79 Å². The van der Waals surface area contributed by atoms with Gasteiger partial charge in [0.15, 0.2) is 0 Å². The Morgan fingerprint density at radius 3 is 2.72 bits per heavy atom. The second-order valence-corrected chi connectivity index (χ2v) is 4.79. The third-order valence-electron chi connectivity index (χ3n) is 3.31. The zero-order valence-electron chi connectivity index (χ0n) is 11.4. The van der Waals surface area contributed by atoms with Crippen molar-refractivity contribution in [2.24, 2.45) is 5.92 Å². The van der Waals surface area contributed by atoms with E-state index in [-0.39, 0.29) is 12.5 Å². The van der Waals surface area contributed by atoms with Crippen LogP contribution in [0.2, 0.25) is 0 Å². The molecule has 0 spiro atoms. The highest BCUT2D eigenvalue weighted by atomic mass is 16.5. The minimum atomic E-state index is 0.151. The van der Waals surface area contributed by atoms with E-state index in [1.807, 2.05) is 4.90 Å². The largest absolute Gasteiger partial charge is 0.396 e. The van der Waals surface area contributed by atoms with E-state index in [2.05, 4.69) is 12.2 Å². The molecule has 0 saturated carbocycles. The first kappa shape index (κ1) is 15.4. The Bertz CT molecular complexity index is 224. The summed E-state index contributed by atoms with van der Waals surface area (Å²) in [4.78, 5) is 13.7. The van der Waals surface area contributed by atoms with Crippen LogP contribution in [0.3, 0.4) is 0 Å². The minimum Gasteiger partial charge on any atom is -0.396 e. The molecule has 0 aliphatic carbocycles. The first-order valence-electron chi connectivity index (χ1n) is 6.95. The number of aliphatic hydroxyl groups excluding tert-OH is 1. The maximum atomic E-state index is 11.9. The molecule has 1 amide bonds. The topological polar surface area (TPSA) is 61.8 Å². The van der Waals surface area contributed by atoms with E-state index in [1.165, 1.54) is 0 Å². The predicted molar refractivity (Wildman–Crippen MR) is 70.4 cm³/mol. The van der Waals surface area contributed by atoms with Crippen molar-refractivity contribution in [1.82, 2.24) is 10.2 Å². The Hall–Kier alpha value is -0.650. The number of carbonyl (C=O) groups is 1. The van der Waals surface area contributed by atoms with Crippen LogP contribution in [0.25, 0.3) is 0 Å². The van der Waals surface area contributed by atoms with Gasteiger partial charge >= 0.3 is 0 Å². The van der Waals surface area contributed by atoms with Gasteiger partial charge in [0, 0.05) is 19.7 Å². The molecule has 0 bridgehead atoms. The molecule has 1 saturated heterocycles. The van der Waals surface area contributed by atoms with Crippen LogP contribution in [0, 0.1) is 5.92 Å². The van der Waals surface area contributed by atoms with Gasteiger partial charge in [-0.2, -0.15) is 0 Å². The third kappa shape index (κ3) is 5.80. The molecule has 0 aromatic rings. The molecule has 0 aromatic heterocycles. The van der Waals surface area contributed by atoms with Gasteiger partial charge in [-0.15, -0.1) is 0 Å². The van der Waals surface area contributed by atoms with Gasteiger partial charge in [-0.25, -0.2) is 0 Å². The van der Waals surface area contributed by atoms with Crippen LogP contribution in [0.4, 0.5) is 0 Å². The normalized spacial score (nSPS) is 17.8. The van der Waals surface area contributed by atoms with Gasteiger partial charge in [0.25, 0.3) is 0 Å². The summed E-state index contributed by atoms with van der Waals surface area (Å²) in [5.41, 5.74) is 0. The molecule has 2 N–H and O–H groups in total. The highest BCUT2D eigenvalue weighted by Crippen LogP contribution is 2.09. The van der Waals surface area contributed by atoms with Crippen LogP contribution in [-0.2, 0) is 9.53 Å². The molecule has 1 heterocycles. The van der Waals surface area contributed by atoms with Gasteiger partial charge in [0.1, 0.15) is 0 Å². The molecule has 5 nitrogen and oxygen atoms in total. The van der Waals surface area contributed by atoms with Gasteiger partial charge in [0.2, 0.25) is 5.91 Å². The van der Waals surface area contributed by atoms with Crippen LogP contribution < -0.4 is 5.32 Å². The van der Waals surface area contributed by atoms with Crippen molar-refractivity contribution in [3.63, 3.8) is 0 Å². The lowest BCUT2D eigenvalue weighted by molar-refractivity contribution is -0.134. The highest BCUT2D eigenvalue weighted by molar-refractivity contribution is 5.78. The number of amides is 1. The summed E-state index contributed by atoms with van der Waals surface area (Å²) in [5.74, 6) is 0.620. The standard InChI is InChI=1S/C13H26N2O3/c1-2-3-12(4-7-16)10-14-11-13(17)15-5-8-18-9-6-15/h12,14,16H,2-11H2,1H3. The van der Waals surface area contributed by atoms with Crippen LogP contribution in [0.5, 0.6) is 0 Å². The lowest BCUT2D eigenvalue weighted by Crippen LogP contribution is -2.45. The summed E-state index contributed by atoms with van der Waals surface area (Å²) in [6, 6.07) is 0. The fraction of sp³-hybridized carbons (Fsp3) is 0.923. The van der Waals surface area contributed by atoms with Crippen LogP contribution in [0.1, 0.15) is 26.2 Å². The number of ether oxygens (including phenoxy) is 1. The van der Waals surface area contributed by atoms with E-state index in [4.69, 9.17) is 9.84 Å². The molecule has 0 aromatic carbocycles. The molecule has 0 radical (unpaired) electrons. The highest BCUT2D eigenvalue weighted by Gasteiger charge is 2.16. The van der Waals surface area contributed by atoms with E-state index in [0.717, 1.165) is 25.8 Å². The van der Waals surface area contributed by atoms with E-state index < -0.39 is 0 Å². The van der Waals surface area contributed by atoms with Gasteiger partial charge in [-0.1, -0.05) is 13.3 Å². The van der Waals surface area contributed by atoms with Gasteiger partial charge in [0.05, 0.1) is 19.8 Å². The van der Waals surface area contributed by atoms with Gasteiger partial charge < -0.3 is 20.1 Å². The number of aliphatic hydroxyl groups is 1. The first-order valence-corrected chi connectivity index (χ1v) is 6.95. The first-order chi connectivity index (χ1) is 8.77. The Morgan fingerprint density at radius 1 is 1.39 bits per heavy atom. The Morgan fingerprint density at radius 2 is 2.11 bits per heavy atom. The Kier molecular flexibility index (Phi) is 7.96. The average Bonchev–Trinajstić information content (AvgIpc) is 2.40. The summed E-state index contributed by atoms with van der Waals surface area (Å²) < 4.78 is 5.21. The van der Waals surface area contributed by atoms with Crippen LogP contribution >= 0.6 is 0 Å². The van der Waals surface area contributed by atoms with E-state index in [1.54, 1.807) is 0 Å². The number of rotatable bonds is 8. The molecule has 5 heteroatoms. The maximum Gasteiger partial charge on any atom is 0.236 e. The summed E-state index contributed by atoms with van der Waals surface area (Å²) in [5, 5.41) is 12.2. The van der Waals surface area contributed by atoms with Crippen molar-refractivity contribution in [3.8, 4) is 0 Å². The SMILES string of the molecule is CCCC(CCO)CNCC(=O)N1CCOCC1. The summed E-state index contributed by atoms with van der Waals surface area (Å²) >= 11 is 0. The maximum absolute atomic E-state index is 11.9. The number of morpholine rings is 1. The molecule has 106 valence electrons. The van der Waals surface area contributed by atoms with E-state index in [9.17, 15) is 4.79 Å². The van der Waals surface area contributed by atoms with Crippen molar-refractivity contribution in [1.29, 1.82) is 0 Å². The Balaban J connectivity index is 2.16. The monoisotopic (exact) mass is 258 g/mol. The Labute approximate surface area is 109 Å². The number of carbonyl (C=O) groups excluding carboxylic acids is 1. The van der Waals surface area contributed by atoms with E-state index in [0.29, 0.717) is 38.8 Å². The number of nitrogens with one attached hydrogen (secondary N) is 1. The van der Waals surface area contributed by atoms with Crippen molar-refractivity contribution in [3.05, 3.63) is 0 Å². The second-order valence-electron chi connectivity index (χ2n) is 4.79. The number of hydrogen-bond donors (Lipinski definition) is 2. The minimum absolute atomic E-state index is 0.151. The smallest absolute Gasteiger partial charge is 0.236 e. The molecule has 1 unspecified atom stereocenters. The molecule has 18 heavy (non-hydrogen) atoms. The predicted octanol–water partition coefficient (Wildman–Crippen LogP) is 0.234. The lowest BCUT2D eigenvalue weighted by atomic mass is 10.0. The zero-order valence-corrected chi connectivity index (χ0v) is 11.4. The van der Waals surface area contributed by atoms with Crippen LogP contribution in [0.15, 0.2) is 0 Å². The zero-order chi connectivity index (χ0) is 13.2. The number of nitrogens with zero attached hydrogens (tertiary/aromatic N) is 1. The summed E-state index contributed by atoms with van der Waals surface area (Å²) in [6.45, 7) is 6.28. The average molecular weight is 258 g/mol. The van der Waals surface area contributed by atoms with Gasteiger partial charge in [-0.05, 0) is 25.3 Å². The van der Waals surface area contributed by atoms with Crippen molar-refractivity contribution >= 4 is 5.91 Å². The lowest BCUT2D eigenvalue weighted by Gasteiger charge is -2.27. The molecular formula is C13H26N2O3. The summed E-state index contributed by atoms with van der Waals surface area (Å²) in [7, 11) is 0. The van der Waals surface area contributed by atoms with Crippen LogP contribution in [-0.4, -0.2) is 61.9 Å². The molecule has 1 aliphatic heterocycles. The summed E-state index contributed by atoms with van der Waals surface area (Å²) in [6.07, 6.45) is 3.02. The molecular weight excluding hydrogens is 232 g/mol. The molecule has 1 atom stereocenters. The van der Waals surface area contributed by atoms with Crippen molar-refractivity contribution in [2.75, 3.05) is 46.0 Å². The molecule has 1 fully saturated rings. The number of hydrogen-bond acceptors (Lipinski definition) is 4. The van der Waals surface area contributed by atoms with Crippen molar-refractivity contribution in [2.45, 2.75) is 26.2 Å². The molecule has 1 aliphatic rings. The fourth-order valence-electron chi connectivity index (χ4n) is 2.25. The fourth-order valence-corrected chi connectivity index (χ4v) is 2.25. The second kappa shape index (κ2) is 9.30. The third-order valence-corrected chi connectivity index (χ3v) is 3.31. The molecule has 1 rings (SSSR count).